The third-order valence-corrected chi connectivity index (χ3v) is 2.81. The summed E-state index contributed by atoms with van der Waals surface area (Å²) in [7, 11) is 0. The molecule has 0 aromatic heterocycles. The lowest BCUT2D eigenvalue weighted by Crippen LogP contribution is -1.98. The Balaban J connectivity index is 0.000000492. The third-order valence-electron chi connectivity index (χ3n) is 2.81. The minimum Gasteiger partial charge on any atom is -0.222 e. The average Bonchev–Trinajstić information content (AvgIpc) is 2.43. The highest BCUT2D eigenvalue weighted by Crippen LogP contribution is 2.26. The van der Waals surface area contributed by atoms with Gasteiger partial charge in [0.05, 0.1) is 0 Å². The number of rotatable bonds is 3. The van der Waals surface area contributed by atoms with Crippen LogP contribution in [0.5, 0.6) is 0 Å². The fourth-order valence-corrected chi connectivity index (χ4v) is 2.03. The summed E-state index contributed by atoms with van der Waals surface area (Å²) in [6.07, 6.45) is 1.90. The van der Waals surface area contributed by atoms with Crippen LogP contribution in [0.4, 0.5) is 0 Å². The van der Waals surface area contributed by atoms with E-state index in [4.69, 9.17) is 10.2 Å². The monoisotopic (exact) mass is 239 g/mol. The molecule has 0 saturated heterocycles. The van der Waals surface area contributed by atoms with E-state index in [9.17, 15) is 0 Å². The van der Waals surface area contributed by atoms with Gasteiger partial charge in [0.25, 0.3) is 0 Å². The molecule has 2 rings (SSSR count). The molecule has 0 fully saturated rings. The van der Waals surface area contributed by atoms with E-state index in [0.29, 0.717) is 5.92 Å². The van der Waals surface area contributed by atoms with E-state index in [0.717, 1.165) is 12.5 Å². The van der Waals surface area contributed by atoms with Crippen LogP contribution in [-0.4, -0.2) is 6.08 Å². The van der Waals surface area contributed by atoms with Crippen LogP contribution in [0.3, 0.4) is 0 Å². The zero-order valence-corrected chi connectivity index (χ0v) is 10.5. The number of benzene rings is 2. The van der Waals surface area contributed by atoms with Crippen LogP contribution < -0.4 is 0 Å². The molecular formula is C16H17NO. The highest BCUT2D eigenvalue weighted by molar-refractivity contribution is 5.31. The predicted molar refractivity (Wildman–Crippen MR) is 73.4 cm³/mol. The van der Waals surface area contributed by atoms with Gasteiger partial charge >= 0.3 is 0 Å². The van der Waals surface area contributed by atoms with Gasteiger partial charge in [-0.1, -0.05) is 67.6 Å². The summed E-state index contributed by atoms with van der Waals surface area (Å²) in [6.45, 7) is 2.24. The normalized spacial score (nSPS) is 9.22. The Morgan fingerprint density at radius 3 is 1.56 bits per heavy atom. The molecule has 0 saturated carbocycles. The minimum atomic E-state index is 0.535. The maximum absolute atomic E-state index is 8.35. The van der Waals surface area contributed by atoms with Gasteiger partial charge in [-0.15, -0.1) is 0 Å². The van der Waals surface area contributed by atoms with Crippen molar-refractivity contribution in [2.75, 3.05) is 0 Å². The van der Waals surface area contributed by atoms with Crippen molar-refractivity contribution in [1.82, 2.24) is 0 Å². The van der Waals surface area contributed by atoms with E-state index in [1.54, 1.807) is 0 Å². The van der Waals surface area contributed by atoms with Gasteiger partial charge < -0.3 is 0 Å². The van der Waals surface area contributed by atoms with Crippen LogP contribution in [0, 0.1) is 5.41 Å². The Labute approximate surface area is 108 Å². The molecule has 2 nitrogen and oxygen atoms in total. The zero-order chi connectivity index (χ0) is 13.2. The van der Waals surface area contributed by atoms with E-state index in [1.807, 2.05) is 0 Å². The molecule has 0 atom stereocenters. The maximum atomic E-state index is 8.35. The summed E-state index contributed by atoms with van der Waals surface area (Å²) in [5.41, 5.74) is 2.82. The Morgan fingerprint density at radius 1 is 0.944 bits per heavy atom. The van der Waals surface area contributed by atoms with Crippen LogP contribution >= 0.6 is 0 Å². The summed E-state index contributed by atoms with van der Waals surface area (Å²) in [5.74, 6) is 0.535. The zero-order valence-electron chi connectivity index (χ0n) is 10.5. The lowest BCUT2D eigenvalue weighted by atomic mass is 9.89. The fourth-order valence-electron chi connectivity index (χ4n) is 2.03. The van der Waals surface area contributed by atoms with Gasteiger partial charge in [-0.05, 0) is 17.5 Å². The quantitative estimate of drug-likeness (QED) is 0.635. The lowest BCUT2D eigenvalue weighted by Gasteiger charge is -2.15. The van der Waals surface area contributed by atoms with Crippen molar-refractivity contribution in [3.63, 3.8) is 0 Å². The molecule has 92 valence electrons. The van der Waals surface area contributed by atoms with Crippen LogP contribution in [0.15, 0.2) is 60.7 Å². The number of carbonyl (C=O) groups excluding carboxylic acids is 1. The average molecular weight is 239 g/mol. The maximum Gasteiger partial charge on any atom is 0.231 e. The van der Waals surface area contributed by atoms with Crippen molar-refractivity contribution in [1.29, 1.82) is 5.41 Å². The second kappa shape index (κ2) is 7.99. The minimum absolute atomic E-state index is 0.535. The smallest absolute Gasteiger partial charge is 0.222 e. The Kier molecular flexibility index (Phi) is 6.16. The second-order valence-corrected chi connectivity index (χ2v) is 3.88. The predicted octanol–water partition coefficient (Wildman–Crippen LogP) is 4.13. The number of isocyanates is 1. The fraction of sp³-hybridized carbons (Fsp3) is 0.188. The number of nitrogens with one attached hydrogen (secondary N) is 1. The van der Waals surface area contributed by atoms with Gasteiger partial charge in [-0.3, -0.25) is 0 Å². The van der Waals surface area contributed by atoms with Gasteiger partial charge in [-0.25, -0.2) is 10.2 Å². The first-order valence-corrected chi connectivity index (χ1v) is 5.97. The van der Waals surface area contributed by atoms with E-state index in [1.165, 1.54) is 11.1 Å². The molecule has 0 aliphatic heterocycles. The summed E-state index contributed by atoms with van der Waals surface area (Å²) >= 11 is 0. The molecule has 2 aromatic carbocycles. The molecule has 1 N–H and O–H groups in total. The molecule has 0 spiro atoms. The van der Waals surface area contributed by atoms with Crippen LogP contribution in [-0.2, 0) is 4.79 Å². The number of hydrogen-bond donors (Lipinski definition) is 1. The van der Waals surface area contributed by atoms with Crippen molar-refractivity contribution in [2.24, 2.45) is 0 Å². The highest BCUT2D eigenvalue weighted by atomic mass is 16.1. The first-order valence-electron chi connectivity index (χ1n) is 5.97. The Bertz CT molecular complexity index is 433. The van der Waals surface area contributed by atoms with Crippen molar-refractivity contribution < 1.29 is 4.79 Å². The topological polar surface area (TPSA) is 40.9 Å². The SMILES string of the molecule is CCC(c1ccccc1)c1ccccc1.N=C=O. The molecule has 2 heteroatoms. The summed E-state index contributed by atoms with van der Waals surface area (Å²) in [6, 6.07) is 21.4. The molecule has 0 amide bonds. The van der Waals surface area contributed by atoms with Crippen molar-refractivity contribution in [3.8, 4) is 0 Å². The van der Waals surface area contributed by atoms with Crippen LogP contribution in [0.25, 0.3) is 0 Å². The van der Waals surface area contributed by atoms with Crippen LogP contribution in [0.1, 0.15) is 30.4 Å². The molecule has 0 radical (unpaired) electrons. The summed E-state index contributed by atoms with van der Waals surface area (Å²) in [4.78, 5) is 8.35. The van der Waals surface area contributed by atoms with Gasteiger partial charge in [0, 0.05) is 5.92 Å². The molecule has 0 aliphatic carbocycles. The second-order valence-electron chi connectivity index (χ2n) is 3.88. The summed E-state index contributed by atoms with van der Waals surface area (Å²) in [5, 5.41) is 5.40. The summed E-state index contributed by atoms with van der Waals surface area (Å²) < 4.78 is 0. The van der Waals surface area contributed by atoms with Gasteiger partial charge in [-0.2, -0.15) is 0 Å². The van der Waals surface area contributed by atoms with E-state index >= 15 is 0 Å². The lowest BCUT2D eigenvalue weighted by molar-refractivity contribution is 0.563. The molecule has 0 heterocycles. The van der Waals surface area contributed by atoms with E-state index in [-0.39, 0.29) is 0 Å². The Morgan fingerprint density at radius 2 is 1.28 bits per heavy atom. The van der Waals surface area contributed by atoms with Crippen molar-refractivity contribution in [2.45, 2.75) is 19.3 Å². The highest BCUT2D eigenvalue weighted by Gasteiger charge is 2.10. The standard InChI is InChI=1S/C15H16.CHNO/c1-2-15(13-9-5-3-6-10-13)14-11-7-4-8-12-14;2-1-3/h3-12,15H,2H2,1H3;2H. The van der Waals surface area contributed by atoms with Gasteiger partial charge in [0.15, 0.2) is 0 Å². The molecule has 18 heavy (non-hydrogen) atoms. The van der Waals surface area contributed by atoms with Gasteiger partial charge in [0.1, 0.15) is 0 Å². The molecule has 0 aliphatic rings. The van der Waals surface area contributed by atoms with Crippen molar-refractivity contribution in [3.05, 3.63) is 71.8 Å². The number of hydrogen-bond acceptors (Lipinski definition) is 2. The van der Waals surface area contributed by atoms with Crippen molar-refractivity contribution >= 4 is 6.08 Å². The largest absolute Gasteiger partial charge is 0.231 e. The first-order chi connectivity index (χ1) is 8.83. The first kappa shape index (κ1) is 13.9. The van der Waals surface area contributed by atoms with E-state index < -0.39 is 0 Å². The third kappa shape index (κ3) is 4.00. The van der Waals surface area contributed by atoms with Crippen LogP contribution in [0.2, 0.25) is 0 Å². The van der Waals surface area contributed by atoms with E-state index in [2.05, 4.69) is 67.6 Å². The molecule has 0 unspecified atom stereocenters. The molecule has 0 bridgehead atoms. The van der Waals surface area contributed by atoms with Gasteiger partial charge in [0.2, 0.25) is 6.08 Å². The molecular weight excluding hydrogens is 222 g/mol. The Hall–Kier alpha value is -2.18. The molecule has 2 aromatic rings.